The number of anilines is 2. The van der Waals surface area contributed by atoms with Crippen LogP contribution in [0.2, 0.25) is 0 Å². The van der Waals surface area contributed by atoms with E-state index in [0.717, 1.165) is 16.8 Å². The summed E-state index contributed by atoms with van der Waals surface area (Å²) in [4.78, 5) is 43.3. The van der Waals surface area contributed by atoms with Crippen LogP contribution in [0.25, 0.3) is 0 Å². The van der Waals surface area contributed by atoms with Crippen molar-refractivity contribution in [3.05, 3.63) is 113 Å². The molecule has 2 aromatic heterocycles. The molecule has 2 aromatic carbocycles. The van der Waals surface area contributed by atoms with Crippen molar-refractivity contribution in [2.45, 2.75) is 32.9 Å². The lowest BCUT2D eigenvalue weighted by atomic mass is 9.95. The maximum absolute atomic E-state index is 13.6. The molecule has 3 amide bonds. The summed E-state index contributed by atoms with van der Waals surface area (Å²) in [6.07, 6.45) is 2.87. The van der Waals surface area contributed by atoms with Gasteiger partial charge in [-0.15, -0.1) is 0 Å². The molecule has 0 saturated heterocycles. The maximum Gasteiger partial charge on any atom is 0.276 e. The van der Waals surface area contributed by atoms with Crippen LogP contribution in [0.1, 0.15) is 56.2 Å². The number of carbonyl (C=O) groups excluding carboxylic acids is 3. The number of hydrogen-bond acceptors (Lipinski definition) is 4. The van der Waals surface area contributed by atoms with E-state index >= 15 is 0 Å². The maximum atomic E-state index is 13.6. The summed E-state index contributed by atoms with van der Waals surface area (Å²) in [7, 11) is 0. The number of aromatic amines is 1. The van der Waals surface area contributed by atoms with Gasteiger partial charge < -0.3 is 20.5 Å². The summed E-state index contributed by atoms with van der Waals surface area (Å²) in [5, 5.41) is 10.3. The predicted molar refractivity (Wildman–Crippen MR) is 150 cm³/mol. The number of carbonyl (C=O) groups is 3. The largest absolute Gasteiger partial charge is 0.357 e. The molecule has 1 aliphatic heterocycles. The molecule has 0 saturated carbocycles. The third kappa shape index (κ3) is 5.42. The van der Waals surface area contributed by atoms with E-state index in [0.29, 0.717) is 35.7 Å². The lowest BCUT2D eigenvalue weighted by molar-refractivity contribution is -0.111. The Bertz CT molecular complexity index is 1590. The van der Waals surface area contributed by atoms with Gasteiger partial charge in [-0.3, -0.25) is 19.1 Å². The quantitative estimate of drug-likeness (QED) is 0.291. The van der Waals surface area contributed by atoms with Gasteiger partial charge in [0.2, 0.25) is 5.91 Å². The molecular weight excluding hydrogens is 511 g/mol. The normalized spacial score (nSPS) is 14.4. The van der Waals surface area contributed by atoms with E-state index in [1.165, 1.54) is 18.2 Å². The number of nitrogens with zero attached hydrogens (tertiary/aromatic N) is 3. The van der Waals surface area contributed by atoms with Crippen molar-refractivity contribution in [1.82, 2.24) is 19.7 Å². The minimum absolute atomic E-state index is 0.114. The summed E-state index contributed by atoms with van der Waals surface area (Å²) in [6, 6.07) is 14.8. The molecule has 3 N–H and O–H groups in total. The van der Waals surface area contributed by atoms with Gasteiger partial charge in [0.15, 0.2) is 5.69 Å². The van der Waals surface area contributed by atoms with Gasteiger partial charge in [0.1, 0.15) is 11.5 Å². The minimum atomic E-state index is -0.444. The number of nitrogens with one attached hydrogen (secondary N) is 3. The smallest absolute Gasteiger partial charge is 0.276 e. The van der Waals surface area contributed by atoms with Crippen molar-refractivity contribution in [2.75, 3.05) is 17.2 Å². The average molecular weight is 541 g/mol. The molecule has 1 aliphatic rings. The van der Waals surface area contributed by atoms with Crippen molar-refractivity contribution < 1.29 is 18.8 Å². The second-order valence-electron chi connectivity index (χ2n) is 9.84. The van der Waals surface area contributed by atoms with Crippen LogP contribution in [0.3, 0.4) is 0 Å². The molecule has 204 valence electrons. The number of H-pyrrole nitrogens is 1. The third-order valence-electron chi connectivity index (χ3n) is 6.92. The van der Waals surface area contributed by atoms with Crippen LogP contribution in [-0.2, 0) is 17.9 Å². The highest BCUT2D eigenvalue weighted by molar-refractivity contribution is 6.05. The number of rotatable bonds is 7. The van der Waals surface area contributed by atoms with Crippen molar-refractivity contribution in [3.63, 3.8) is 0 Å². The third-order valence-corrected chi connectivity index (χ3v) is 6.92. The first-order valence-electron chi connectivity index (χ1n) is 12.9. The zero-order valence-electron chi connectivity index (χ0n) is 22.2. The Kier molecular flexibility index (Phi) is 7.33. The van der Waals surface area contributed by atoms with E-state index < -0.39 is 5.91 Å². The average Bonchev–Trinajstić information content (AvgIpc) is 3.60. The highest BCUT2D eigenvalue weighted by Crippen LogP contribution is 2.32. The number of halogens is 1. The lowest BCUT2D eigenvalue weighted by Crippen LogP contribution is -2.38. The van der Waals surface area contributed by atoms with Crippen molar-refractivity contribution >= 4 is 29.1 Å². The van der Waals surface area contributed by atoms with E-state index in [4.69, 9.17) is 5.10 Å². The van der Waals surface area contributed by atoms with Crippen LogP contribution >= 0.6 is 0 Å². The molecular formula is C30H29FN6O3. The van der Waals surface area contributed by atoms with E-state index in [9.17, 15) is 18.8 Å². The first kappa shape index (κ1) is 26.6. The van der Waals surface area contributed by atoms with Crippen LogP contribution in [0.5, 0.6) is 0 Å². The summed E-state index contributed by atoms with van der Waals surface area (Å²) in [5.74, 6) is -1.42. The van der Waals surface area contributed by atoms with E-state index in [1.807, 2.05) is 13.8 Å². The van der Waals surface area contributed by atoms with Gasteiger partial charge in [0, 0.05) is 41.3 Å². The standard InChI is InChI=1S/C30H29FN6O3/c1-4-26(38)34-25-14-22(12-7-18(25)2)33-29(39)27-23-17-36(30(40)24-6-5-13-32-24)15-19(3)28(23)37(35-27)16-20-8-10-21(31)11-9-20/h4-14,19,32H,1,15-17H2,2-3H3,(H,33,39)(H,34,38). The van der Waals surface area contributed by atoms with Crippen molar-refractivity contribution in [2.24, 2.45) is 0 Å². The molecule has 1 unspecified atom stereocenters. The Morgan fingerprint density at radius 1 is 1.15 bits per heavy atom. The Morgan fingerprint density at radius 3 is 2.62 bits per heavy atom. The van der Waals surface area contributed by atoms with Crippen molar-refractivity contribution in [3.8, 4) is 0 Å². The predicted octanol–water partition coefficient (Wildman–Crippen LogP) is 4.84. The van der Waals surface area contributed by atoms with Gasteiger partial charge in [-0.25, -0.2) is 4.39 Å². The second-order valence-corrected chi connectivity index (χ2v) is 9.84. The summed E-state index contributed by atoms with van der Waals surface area (Å²) >= 11 is 0. The summed E-state index contributed by atoms with van der Waals surface area (Å²) < 4.78 is 15.3. The van der Waals surface area contributed by atoms with E-state index in [1.54, 1.807) is 58.2 Å². The number of aryl methyl sites for hydroxylation is 1. The number of fused-ring (bicyclic) bond motifs is 1. The summed E-state index contributed by atoms with van der Waals surface area (Å²) in [5.41, 5.74) is 4.85. The van der Waals surface area contributed by atoms with Crippen LogP contribution in [-0.4, -0.2) is 43.9 Å². The Hall–Kier alpha value is -4.99. The van der Waals surface area contributed by atoms with Gasteiger partial charge in [-0.1, -0.05) is 31.7 Å². The topological polar surface area (TPSA) is 112 Å². The molecule has 3 heterocycles. The molecule has 40 heavy (non-hydrogen) atoms. The number of aromatic nitrogens is 3. The van der Waals surface area contributed by atoms with Gasteiger partial charge in [0.25, 0.3) is 11.8 Å². The Morgan fingerprint density at radius 2 is 1.93 bits per heavy atom. The van der Waals surface area contributed by atoms with Gasteiger partial charge in [-0.2, -0.15) is 5.10 Å². The van der Waals surface area contributed by atoms with Crippen LogP contribution < -0.4 is 10.6 Å². The van der Waals surface area contributed by atoms with E-state index in [-0.39, 0.29) is 35.8 Å². The number of hydrogen-bond donors (Lipinski definition) is 3. The molecule has 5 rings (SSSR count). The lowest BCUT2D eigenvalue weighted by Gasteiger charge is -2.32. The molecule has 0 bridgehead atoms. The number of benzene rings is 2. The molecule has 1 atom stereocenters. The number of amides is 3. The zero-order chi connectivity index (χ0) is 28.4. The van der Waals surface area contributed by atoms with Crippen LogP contribution in [0.15, 0.2) is 73.4 Å². The molecule has 0 aliphatic carbocycles. The summed E-state index contributed by atoms with van der Waals surface area (Å²) in [6.45, 7) is 8.31. The van der Waals surface area contributed by atoms with Crippen LogP contribution in [0, 0.1) is 12.7 Å². The molecule has 9 nitrogen and oxygen atoms in total. The van der Waals surface area contributed by atoms with Gasteiger partial charge in [0.05, 0.1) is 13.1 Å². The zero-order valence-corrected chi connectivity index (χ0v) is 22.2. The molecule has 0 spiro atoms. The molecule has 0 radical (unpaired) electrons. The molecule has 4 aromatic rings. The van der Waals surface area contributed by atoms with Crippen LogP contribution in [0.4, 0.5) is 15.8 Å². The second kappa shape index (κ2) is 11.0. The first-order chi connectivity index (χ1) is 19.2. The molecule has 0 fully saturated rings. The van der Waals surface area contributed by atoms with E-state index in [2.05, 4.69) is 22.2 Å². The fraction of sp³-hybridized carbons (Fsp3) is 0.200. The van der Waals surface area contributed by atoms with Crippen molar-refractivity contribution in [1.29, 1.82) is 0 Å². The van der Waals surface area contributed by atoms with Gasteiger partial charge in [-0.05, 0) is 60.5 Å². The Balaban J connectivity index is 1.49. The monoisotopic (exact) mass is 540 g/mol. The fourth-order valence-electron chi connectivity index (χ4n) is 4.95. The fourth-order valence-corrected chi connectivity index (χ4v) is 4.95. The first-order valence-corrected chi connectivity index (χ1v) is 12.9. The Labute approximate surface area is 230 Å². The highest BCUT2D eigenvalue weighted by atomic mass is 19.1. The minimum Gasteiger partial charge on any atom is -0.357 e. The van der Waals surface area contributed by atoms with Gasteiger partial charge >= 0.3 is 0 Å². The SMILES string of the molecule is C=CC(=O)Nc1cc(NC(=O)c2nn(Cc3ccc(F)cc3)c3c2CN(C(=O)c2ccc[nH]2)CC3C)ccc1C. The highest BCUT2D eigenvalue weighted by Gasteiger charge is 2.34. The molecule has 10 heteroatoms.